The third-order valence-corrected chi connectivity index (χ3v) is 3.84. The SMILES string of the molecule is CC(NC(=O)NC1CCCC1C(=O)O)C1CC1. The maximum absolute atomic E-state index is 11.7. The molecule has 17 heavy (non-hydrogen) atoms. The number of rotatable bonds is 4. The molecule has 2 aliphatic rings. The van der Waals surface area contributed by atoms with Gasteiger partial charge in [-0.15, -0.1) is 0 Å². The third-order valence-electron chi connectivity index (χ3n) is 3.84. The van der Waals surface area contributed by atoms with Crippen molar-refractivity contribution in [1.29, 1.82) is 0 Å². The van der Waals surface area contributed by atoms with Crippen molar-refractivity contribution in [3.63, 3.8) is 0 Å². The van der Waals surface area contributed by atoms with E-state index in [9.17, 15) is 9.59 Å². The summed E-state index contributed by atoms with van der Waals surface area (Å²) in [6, 6.07) is -0.235. The Morgan fingerprint density at radius 3 is 2.53 bits per heavy atom. The van der Waals surface area contributed by atoms with Gasteiger partial charge in [0.1, 0.15) is 0 Å². The molecule has 0 aromatic rings. The summed E-state index contributed by atoms with van der Waals surface area (Å²) in [6.07, 6.45) is 4.67. The standard InChI is InChI=1S/C12H20N2O3/c1-7(8-5-6-8)13-12(17)14-10-4-2-3-9(10)11(15)16/h7-10H,2-6H2,1H3,(H,15,16)(H2,13,14,17). The van der Waals surface area contributed by atoms with E-state index in [-0.39, 0.29) is 18.1 Å². The second-order valence-electron chi connectivity index (χ2n) is 5.23. The van der Waals surface area contributed by atoms with Gasteiger partial charge in [-0.25, -0.2) is 4.79 Å². The molecule has 96 valence electrons. The largest absolute Gasteiger partial charge is 0.481 e. The zero-order valence-electron chi connectivity index (χ0n) is 10.1. The highest BCUT2D eigenvalue weighted by Crippen LogP contribution is 2.32. The van der Waals surface area contributed by atoms with Crippen LogP contribution in [0.1, 0.15) is 39.0 Å². The first kappa shape index (κ1) is 12.2. The minimum atomic E-state index is -0.803. The van der Waals surface area contributed by atoms with Crippen molar-refractivity contribution in [2.24, 2.45) is 11.8 Å². The van der Waals surface area contributed by atoms with Gasteiger partial charge in [0.05, 0.1) is 5.92 Å². The van der Waals surface area contributed by atoms with Crippen LogP contribution in [0.25, 0.3) is 0 Å². The van der Waals surface area contributed by atoms with Gasteiger partial charge in [0.2, 0.25) is 0 Å². The van der Waals surface area contributed by atoms with E-state index >= 15 is 0 Å². The van der Waals surface area contributed by atoms with E-state index in [0.29, 0.717) is 12.3 Å². The Morgan fingerprint density at radius 2 is 1.94 bits per heavy atom. The molecule has 0 spiro atoms. The summed E-state index contributed by atoms with van der Waals surface area (Å²) in [6.45, 7) is 2.00. The monoisotopic (exact) mass is 240 g/mol. The number of hydrogen-bond acceptors (Lipinski definition) is 2. The van der Waals surface area contributed by atoms with Gasteiger partial charge in [0.25, 0.3) is 0 Å². The van der Waals surface area contributed by atoms with Gasteiger partial charge in [0, 0.05) is 12.1 Å². The number of hydrogen-bond donors (Lipinski definition) is 3. The third kappa shape index (κ3) is 3.11. The zero-order chi connectivity index (χ0) is 12.4. The Labute approximate surface area is 101 Å². The van der Waals surface area contributed by atoms with E-state index in [1.54, 1.807) is 0 Å². The lowest BCUT2D eigenvalue weighted by molar-refractivity contribution is -0.142. The van der Waals surface area contributed by atoms with E-state index in [2.05, 4.69) is 10.6 Å². The molecule has 0 aromatic heterocycles. The zero-order valence-corrected chi connectivity index (χ0v) is 10.1. The number of aliphatic carboxylic acids is 1. The predicted octanol–water partition coefficient (Wildman–Crippen LogP) is 1.34. The van der Waals surface area contributed by atoms with Crippen LogP contribution < -0.4 is 10.6 Å². The van der Waals surface area contributed by atoms with E-state index < -0.39 is 11.9 Å². The Morgan fingerprint density at radius 1 is 1.24 bits per heavy atom. The van der Waals surface area contributed by atoms with Crippen molar-refractivity contribution in [2.75, 3.05) is 0 Å². The molecule has 0 aliphatic heterocycles. The first-order valence-electron chi connectivity index (χ1n) is 6.37. The average Bonchev–Trinajstić information content (AvgIpc) is 2.99. The summed E-state index contributed by atoms with van der Waals surface area (Å²) in [4.78, 5) is 22.7. The second kappa shape index (κ2) is 4.94. The lowest BCUT2D eigenvalue weighted by atomic mass is 10.0. The summed E-state index contributed by atoms with van der Waals surface area (Å²) in [5, 5.41) is 14.7. The van der Waals surface area contributed by atoms with Gasteiger partial charge in [-0.3, -0.25) is 4.79 Å². The molecule has 2 aliphatic carbocycles. The summed E-state index contributed by atoms with van der Waals surface area (Å²) >= 11 is 0. The molecule has 5 heteroatoms. The second-order valence-corrected chi connectivity index (χ2v) is 5.23. The Bertz CT molecular complexity index is 315. The van der Waals surface area contributed by atoms with Gasteiger partial charge in [-0.1, -0.05) is 6.42 Å². The molecule has 2 rings (SSSR count). The molecule has 3 unspecified atom stereocenters. The van der Waals surface area contributed by atoms with E-state index in [1.807, 2.05) is 6.92 Å². The Kier molecular flexibility index (Phi) is 3.54. The molecule has 2 fully saturated rings. The van der Waals surface area contributed by atoms with Gasteiger partial charge < -0.3 is 15.7 Å². The van der Waals surface area contributed by atoms with Crippen LogP contribution in [0.4, 0.5) is 4.79 Å². The first-order valence-corrected chi connectivity index (χ1v) is 6.37. The van der Waals surface area contributed by atoms with Crippen molar-refractivity contribution in [1.82, 2.24) is 10.6 Å². The highest BCUT2D eigenvalue weighted by Gasteiger charge is 2.35. The number of carboxylic acids is 1. The summed E-state index contributed by atoms with van der Waals surface area (Å²) in [5.74, 6) is -0.611. The van der Waals surface area contributed by atoms with Crippen LogP contribution in [0, 0.1) is 11.8 Å². The molecule has 0 radical (unpaired) electrons. The van der Waals surface area contributed by atoms with Crippen LogP contribution in [0.5, 0.6) is 0 Å². The molecule has 0 heterocycles. The van der Waals surface area contributed by atoms with E-state index in [0.717, 1.165) is 12.8 Å². The molecule has 0 saturated heterocycles. The molecule has 0 bridgehead atoms. The van der Waals surface area contributed by atoms with E-state index in [1.165, 1.54) is 12.8 Å². The molecular weight excluding hydrogens is 220 g/mol. The van der Waals surface area contributed by atoms with Crippen molar-refractivity contribution in [3.05, 3.63) is 0 Å². The van der Waals surface area contributed by atoms with Crippen LogP contribution in [0.3, 0.4) is 0 Å². The lowest BCUT2D eigenvalue weighted by Crippen LogP contribution is -2.48. The van der Waals surface area contributed by atoms with Crippen molar-refractivity contribution in [2.45, 2.75) is 51.1 Å². The number of carbonyl (C=O) groups is 2. The first-order chi connectivity index (χ1) is 8.08. The Hall–Kier alpha value is -1.26. The minimum absolute atomic E-state index is 0.194. The fourth-order valence-electron chi connectivity index (χ4n) is 2.56. The molecule has 3 atom stereocenters. The topological polar surface area (TPSA) is 78.4 Å². The molecule has 3 N–H and O–H groups in total. The number of urea groups is 1. The van der Waals surface area contributed by atoms with Crippen LogP contribution in [0.2, 0.25) is 0 Å². The van der Waals surface area contributed by atoms with Crippen LogP contribution >= 0.6 is 0 Å². The molecule has 2 saturated carbocycles. The summed E-state index contributed by atoms with van der Waals surface area (Å²) < 4.78 is 0. The summed E-state index contributed by atoms with van der Waals surface area (Å²) in [7, 11) is 0. The quantitative estimate of drug-likeness (QED) is 0.693. The lowest BCUT2D eigenvalue weighted by Gasteiger charge is -2.20. The number of nitrogens with one attached hydrogen (secondary N) is 2. The van der Waals surface area contributed by atoms with Gasteiger partial charge in [-0.2, -0.15) is 0 Å². The van der Waals surface area contributed by atoms with Gasteiger partial charge >= 0.3 is 12.0 Å². The molecule has 2 amide bonds. The highest BCUT2D eigenvalue weighted by atomic mass is 16.4. The Balaban J connectivity index is 1.78. The fourth-order valence-corrected chi connectivity index (χ4v) is 2.56. The van der Waals surface area contributed by atoms with E-state index in [4.69, 9.17) is 5.11 Å². The molecule has 5 nitrogen and oxygen atoms in total. The number of carbonyl (C=O) groups excluding carboxylic acids is 1. The van der Waals surface area contributed by atoms with Gasteiger partial charge in [0.15, 0.2) is 0 Å². The summed E-state index contributed by atoms with van der Waals surface area (Å²) in [5.41, 5.74) is 0. The van der Waals surface area contributed by atoms with Crippen molar-refractivity contribution in [3.8, 4) is 0 Å². The minimum Gasteiger partial charge on any atom is -0.481 e. The average molecular weight is 240 g/mol. The molecule has 0 aromatic carbocycles. The number of amides is 2. The van der Waals surface area contributed by atoms with Gasteiger partial charge in [-0.05, 0) is 38.5 Å². The predicted molar refractivity (Wildman–Crippen MR) is 62.6 cm³/mol. The fraction of sp³-hybridized carbons (Fsp3) is 0.833. The van der Waals surface area contributed by atoms with Crippen molar-refractivity contribution < 1.29 is 14.7 Å². The normalized spacial score (nSPS) is 29.7. The van der Waals surface area contributed by atoms with Crippen LogP contribution in [0.15, 0.2) is 0 Å². The maximum Gasteiger partial charge on any atom is 0.315 e. The van der Waals surface area contributed by atoms with Crippen LogP contribution in [-0.2, 0) is 4.79 Å². The smallest absolute Gasteiger partial charge is 0.315 e. The number of carboxylic acid groups (broad SMARTS) is 1. The highest BCUT2D eigenvalue weighted by molar-refractivity contribution is 5.77. The van der Waals surface area contributed by atoms with Crippen molar-refractivity contribution >= 4 is 12.0 Å². The van der Waals surface area contributed by atoms with Crippen LogP contribution in [-0.4, -0.2) is 29.2 Å². The molecular formula is C12H20N2O3. The maximum atomic E-state index is 11.7.